The number of hydrogen-bond acceptors (Lipinski definition) is 4. The minimum absolute atomic E-state index is 0. The molecule has 0 amide bonds. The Morgan fingerprint density at radius 3 is 2.63 bits per heavy atom. The van der Waals surface area contributed by atoms with Gasteiger partial charge in [0.25, 0.3) is 0 Å². The van der Waals surface area contributed by atoms with Crippen molar-refractivity contribution in [1.29, 1.82) is 0 Å². The summed E-state index contributed by atoms with van der Waals surface area (Å²) in [4.78, 5) is 4.21. The molecule has 2 aromatic rings. The standard InChI is InChI=1S/C19H27FN4O2.HI/c1-5-15(25-18-9-7-6-8-17(18)20)12-23-19(21-4)22-11-10-16-13(2)24-26-14(16)3;/h6-9,15H,5,10-12H2,1-4H3,(H2,21,22,23);1H. The van der Waals surface area contributed by atoms with Gasteiger partial charge in [0.1, 0.15) is 11.9 Å². The van der Waals surface area contributed by atoms with Crippen LogP contribution in [0.4, 0.5) is 4.39 Å². The van der Waals surface area contributed by atoms with Gasteiger partial charge in [-0.2, -0.15) is 0 Å². The zero-order valence-corrected chi connectivity index (χ0v) is 18.5. The normalized spacial score (nSPS) is 12.3. The molecule has 0 saturated carbocycles. The summed E-state index contributed by atoms with van der Waals surface area (Å²) in [6.07, 6.45) is 1.38. The van der Waals surface area contributed by atoms with Gasteiger partial charge in [0, 0.05) is 19.2 Å². The molecular formula is C19H28FIN4O2. The summed E-state index contributed by atoms with van der Waals surface area (Å²) in [7, 11) is 1.71. The lowest BCUT2D eigenvalue weighted by Gasteiger charge is -2.20. The van der Waals surface area contributed by atoms with Gasteiger partial charge in [0.15, 0.2) is 17.5 Å². The lowest BCUT2D eigenvalue weighted by Crippen LogP contribution is -2.43. The zero-order chi connectivity index (χ0) is 18.9. The van der Waals surface area contributed by atoms with Gasteiger partial charge in [-0.25, -0.2) is 4.39 Å². The van der Waals surface area contributed by atoms with Crippen LogP contribution >= 0.6 is 24.0 Å². The third kappa shape index (κ3) is 7.00. The number of aliphatic imine (C=N–C) groups is 1. The van der Waals surface area contributed by atoms with Crippen LogP contribution in [0.5, 0.6) is 5.75 Å². The van der Waals surface area contributed by atoms with Gasteiger partial charge in [-0.1, -0.05) is 24.2 Å². The number of para-hydroxylation sites is 1. The molecule has 0 aliphatic heterocycles. The van der Waals surface area contributed by atoms with E-state index in [4.69, 9.17) is 9.26 Å². The van der Waals surface area contributed by atoms with Gasteiger partial charge in [-0.15, -0.1) is 24.0 Å². The van der Waals surface area contributed by atoms with Crippen molar-refractivity contribution >= 4 is 29.9 Å². The number of guanidine groups is 1. The fourth-order valence-electron chi connectivity index (χ4n) is 2.59. The number of ether oxygens (including phenoxy) is 1. The van der Waals surface area contributed by atoms with Crippen LogP contribution in [0.1, 0.15) is 30.4 Å². The van der Waals surface area contributed by atoms with E-state index in [1.807, 2.05) is 20.8 Å². The summed E-state index contributed by atoms with van der Waals surface area (Å²) in [6.45, 7) is 7.07. The first kappa shape index (κ1) is 23.2. The summed E-state index contributed by atoms with van der Waals surface area (Å²) in [6, 6.07) is 6.43. The second-order valence-electron chi connectivity index (χ2n) is 6.01. The molecule has 6 nitrogen and oxygen atoms in total. The van der Waals surface area contributed by atoms with E-state index < -0.39 is 0 Å². The predicted molar refractivity (Wildman–Crippen MR) is 116 cm³/mol. The molecule has 0 spiro atoms. The molecule has 0 aliphatic rings. The monoisotopic (exact) mass is 490 g/mol. The Morgan fingerprint density at radius 1 is 1.30 bits per heavy atom. The van der Waals surface area contributed by atoms with Gasteiger partial charge in [0.05, 0.1) is 12.2 Å². The lowest BCUT2D eigenvalue weighted by molar-refractivity contribution is 0.191. The van der Waals surface area contributed by atoms with E-state index in [0.717, 1.165) is 29.9 Å². The Bertz CT molecular complexity index is 717. The Balaban J connectivity index is 0.00000364. The predicted octanol–water partition coefficient (Wildman–Crippen LogP) is 3.61. The fourth-order valence-corrected chi connectivity index (χ4v) is 2.59. The van der Waals surface area contributed by atoms with Crippen molar-refractivity contribution in [3.05, 3.63) is 47.1 Å². The molecule has 150 valence electrons. The van der Waals surface area contributed by atoms with Crippen molar-refractivity contribution in [2.75, 3.05) is 20.1 Å². The lowest BCUT2D eigenvalue weighted by atomic mass is 10.1. The molecule has 0 saturated heterocycles. The number of aryl methyl sites for hydroxylation is 2. The molecule has 8 heteroatoms. The first-order valence-corrected chi connectivity index (χ1v) is 8.82. The van der Waals surface area contributed by atoms with Crippen molar-refractivity contribution in [3.8, 4) is 5.75 Å². The van der Waals surface area contributed by atoms with E-state index in [1.165, 1.54) is 6.07 Å². The fraction of sp³-hybridized carbons (Fsp3) is 0.474. The van der Waals surface area contributed by atoms with E-state index in [1.54, 1.807) is 25.2 Å². The highest BCUT2D eigenvalue weighted by Crippen LogP contribution is 2.17. The average molecular weight is 490 g/mol. The zero-order valence-electron chi connectivity index (χ0n) is 16.2. The number of halogens is 2. The van der Waals surface area contributed by atoms with Gasteiger partial charge in [-0.05, 0) is 38.8 Å². The van der Waals surface area contributed by atoms with Crippen molar-refractivity contribution in [3.63, 3.8) is 0 Å². The van der Waals surface area contributed by atoms with Crippen LogP contribution in [0.2, 0.25) is 0 Å². The molecule has 0 fully saturated rings. The first-order chi connectivity index (χ1) is 12.5. The van der Waals surface area contributed by atoms with Gasteiger partial charge < -0.3 is 19.9 Å². The summed E-state index contributed by atoms with van der Waals surface area (Å²) >= 11 is 0. The molecule has 1 aromatic carbocycles. The molecular weight excluding hydrogens is 462 g/mol. The smallest absolute Gasteiger partial charge is 0.191 e. The van der Waals surface area contributed by atoms with Crippen LogP contribution in [0.3, 0.4) is 0 Å². The summed E-state index contributed by atoms with van der Waals surface area (Å²) < 4.78 is 24.6. The molecule has 2 N–H and O–H groups in total. The number of nitrogens with zero attached hydrogens (tertiary/aromatic N) is 2. The maximum Gasteiger partial charge on any atom is 0.191 e. The van der Waals surface area contributed by atoms with Crippen molar-refractivity contribution in [2.24, 2.45) is 4.99 Å². The Labute approximate surface area is 177 Å². The maximum absolute atomic E-state index is 13.7. The Morgan fingerprint density at radius 2 is 2.04 bits per heavy atom. The van der Waals surface area contributed by atoms with E-state index in [2.05, 4.69) is 20.8 Å². The van der Waals surface area contributed by atoms with Gasteiger partial charge in [0.2, 0.25) is 0 Å². The molecule has 27 heavy (non-hydrogen) atoms. The Kier molecular flexibility index (Phi) is 10.1. The Hall–Kier alpha value is -1.84. The molecule has 0 aliphatic carbocycles. The third-order valence-electron chi connectivity index (χ3n) is 4.16. The van der Waals surface area contributed by atoms with Crippen LogP contribution < -0.4 is 15.4 Å². The van der Waals surface area contributed by atoms with Crippen molar-refractivity contribution in [2.45, 2.75) is 39.7 Å². The van der Waals surface area contributed by atoms with E-state index in [-0.39, 0.29) is 41.6 Å². The topological polar surface area (TPSA) is 71.7 Å². The minimum Gasteiger partial charge on any atom is -0.486 e. The summed E-state index contributed by atoms with van der Waals surface area (Å²) in [5.41, 5.74) is 2.03. The van der Waals surface area contributed by atoms with Crippen LogP contribution in [0.25, 0.3) is 0 Å². The van der Waals surface area contributed by atoms with E-state index in [9.17, 15) is 4.39 Å². The van der Waals surface area contributed by atoms with Crippen molar-refractivity contribution in [1.82, 2.24) is 15.8 Å². The van der Waals surface area contributed by atoms with Crippen LogP contribution in [-0.4, -0.2) is 37.4 Å². The summed E-state index contributed by atoms with van der Waals surface area (Å²) in [5.74, 6) is 1.43. The molecule has 0 bridgehead atoms. The number of aromatic nitrogens is 1. The van der Waals surface area contributed by atoms with E-state index >= 15 is 0 Å². The SMILES string of the molecule is CCC(CNC(=NC)NCCc1c(C)noc1C)Oc1ccccc1F.I. The van der Waals surface area contributed by atoms with E-state index in [0.29, 0.717) is 19.0 Å². The minimum atomic E-state index is -0.354. The second kappa shape index (κ2) is 11.8. The molecule has 1 atom stereocenters. The van der Waals surface area contributed by atoms with Gasteiger partial charge >= 0.3 is 0 Å². The number of rotatable bonds is 8. The quantitative estimate of drug-likeness (QED) is 0.336. The second-order valence-corrected chi connectivity index (χ2v) is 6.01. The molecule has 1 heterocycles. The molecule has 1 unspecified atom stereocenters. The summed E-state index contributed by atoms with van der Waals surface area (Å²) in [5, 5.41) is 10.4. The number of hydrogen-bond donors (Lipinski definition) is 2. The van der Waals surface area contributed by atoms with Gasteiger partial charge in [-0.3, -0.25) is 4.99 Å². The van der Waals surface area contributed by atoms with Crippen LogP contribution in [0, 0.1) is 19.7 Å². The highest BCUT2D eigenvalue weighted by molar-refractivity contribution is 14.0. The number of benzene rings is 1. The number of nitrogens with one attached hydrogen (secondary N) is 2. The highest BCUT2D eigenvalue weighted by atomic mass is 127. The van der Waals surface area contributed by atoms with Crippen LogP contribution in [-0.2, 0) is 6.42 Å². The third-order valence-corrected chi connectivity index (χ3v) is 4.16. The average Bonchev–Trinajstić information content (AvgIpc) is 2.96. The highest BCUT2D eigenvalue weighted by Gasteiger charge is 2.12. The largest absolute Gasteiger partial charge is 0.486 e. The molecule has 1 aromatic heterocycles. The molecule has 0 radical (unpaired) electrons. The van der Waals surface area contributed by atoms with Crippen LogP contribution in [0.15, 0.2) is 33.8 Å². The first-order valence-electron chi connectivity index (χ1n) is 8.82. The van der Waals surface area contributed by atoms with Crippen molar-refractivity contribution < 1.29 is 13.7 Å². The molecule has 2 rings (SSSR count). The maximum atomic E-state index is 13.7.